The molecule has 0 spiro atoms. The van der Waals surface area contributed by atoms with Gasteiger partial charge in [0.05, 0.1) is 6.04 Å². The quantitative estimate of drug-likeness (QED) is 0.702. The molecule has 80 valence electrons. The number of primary amides is 1. The molecule has 2 N–H and O–H groups in total. The number of hydrogen-bond acceptors (Lipinski definition) is 3. The fourth-order valence-electron chi connectivity index (χ4n) is 1.87. The van der Waals surface area contributed by atoms with Crippen molar-refractivity contribution in [2.24, 2.45) is 11.7 Å². The van der Waals surface area contributed by atoms with Crippen molar-refractivity contribution in [1.82, 2.24) is 4.90 Å². The van der Waals surface area contributed by atoms with Gasteiger partial charge in [0.2, 0.25) is 5.91 Å². The Labute approximate surface area is 84.4 Å². The Hall–Kier alpha value is -0.900. The number of ketones is 1. The van der Waals surface area contributed by atoms with Gasteiger partial charge < -0.3 is 5.73 Å². The second kappa shape index (κ2) is 4.55. The first-order chi connectivity index (χ1) is 6.52. The van der Waals surface area contributed by atoms with Crippen molar-refractivity contribution in [3.8, 4) is 0 Å². The molecule has 0 aliphatic carbocycles. The highest BCUT2D eigenvalue weighted by Crippen LogP contribution is 2.19. The number of rotatable bonds is 3. The van der Waals surface area contributed by atoms with Gasteiger partial charge in [-0.25, -0.2) is 0 Å². The van der Waals surface area contributed by atoms with Crippen LogP contribution in [0.3, 0.4) is 0 Å². The SMILES string of the molecule is CC(=O)C1CCN(C(C)C(N)=O)CC1. The molecule has 1 rings (SSSR count). The zero-order valence-corrected chi connectivity index (χ0v) is 8.82. The predicted octanol–water partition coefficient (Wildman–Crippen LogP) is 0.161. The molecule has 14 heavy (non-hydrogen) atoms. The van der Waals surface area contributed by atoms with Crippen LogP contribution in [0.25, 0.3) is 0 Å². The van der Waals surface area contributed by atoms with Crippen molar-refractivity contribution in [3.05, 3.63) is 0 Å². The van der Waals surface area contributed by atoms with Crippen LogP contribution in [-0.2, 0) is 9.59 Å². The topological polar surface area (TPSA) is 63.4 Å². The molecule has 0 aromatic heterocycles. The molecule has 1 saturated heterocycles. The summed E-state index contributed by atoms with van der Waals surface area (Å²) in [4.78, 5) is 24.1. The molecule has 4 heteroatoms. The molecule has 0 saturated carbocycles. The maximum absolute atomic E-state index is 11.1. The Balaban J connectivity index is 2.43. The average Bonchev–Trinajstić information content (AvgIpc) is 2.16. The van der Waals surface area contributed by atoms with E-state index >= 15 is 0 Å². The summed E-state index contributed by atoms with van der Waals surface area (Å²) in [7, 11) is 0. The van der Waals surface area contributed by atoms with Crippen LogP contribution in [0.15, 0.2) is 0 Å². The zero-order valence-electron chi connectivity index (χ0n) is 8.82. The lowest BCUT2D eigenvalue weighted by molar-refractivity contribution is -0.124. The number of piperidine rings is 1. The van der Waals surface area contributed by atoms with Gasteiger partial charge in [0, 0.05) is 5.92 Å². The molecule has 1 aliphatic heterocycles. The van der Waals surface area contributed by atoms with Gasteiger partial charge in [0.15, 0.2) is 0 Å². The van der Waals surface area contributed by atoms with E-state index in [2.05, 4.69) is 0 Å². The fraction of sp³-hybridized carbons (Fsp3) is 0.800. The highest BCUT2D eigenvalue weighted by Gasteiger charge is 2.26. The maximum atomic E-state index is 11.1. The molecule has 0 bridgehead atoms. The molecule has 1 aliphatic rings. The first-order valence-corrected chi connectivity index (χ1v) is 5.06. The van der Waals surface area contributed by atoms with Gasteiger partial charge in [-0.1, -0.05) is 0 Å². The van der Waals surface area contributed by atoms with Crippen molar-refractivity contribution in [1.29, 1.82) is 0 Å². The maximum Gasteiger partial charge on any atom is 0.234 e. The number of hydrogen-bond donors (Lipinski definition) is 1. The van der Waals surface area contributed by atoms with Crippen molar-refractivity contribution < 1.29 is 9.59 Å². The van der Waals surface area contributed by atoms with Gasteiger partial charge >= 0.3 is 0 Å². The number of nitrogens with two attached hydrogens (primary N) is 1. The van der Waals surface area contributed by atoms with Crippen molar-refractivity contribution in [2.75, 3.05) is 13.1 Å². The number of amides is 1. The van der Waals surface area contributed by atoms with E-state index in [0.717, 1.165) is 25.9 Å². The summed E-state index contributed by atoms with van der Waals surface area (Å²) in [5.74, 6) is 0.161. The van der Waals surface area contributed by atoms with E-state index in [-0.39, 0.29) is 23.7 Å². The smallest absolute Gasteiger partial charge is 0.234 e. The molecule has 0 radical (unpaired) electrons. The molecular formula is C10H18N2O2. The summed E-state index contributed by atoms with van der Waals surface area (Å²) in [5, 5.41) is 0. The fourth-order valence-corrected chi connectivity index (χ4v) is 1.87. The number of nitrogens with zero attached hydrogens (tertiary/aromatic N) is 1. The summed E-state index contributed by atoms with van der Waals surface area (Å²) < 4.78 is 0. The van der Waals surface area contributed by atoms with E-state index in [1.165, 1.54) is 0 Å². The first-order valence-electron chi connectivity index (χ1n) is 5.06. The van der Waals surface area contributed by atoms with Crippen LogP contribution < -0.4 is 5.73 Å². The van der Waals surface area contributed by atoms with Crippen molar-refractivity contribution in [3.63, 3.8) is 0 Å². The Morgan fingerprint density at radius 2 is 1.86 bits per heavy atom. The highest BCUT2D eigenvalue weighted by atomic mass is 16.1. The van der Waals surface area contributed by atoms with Gasteiger partial charge in [0.1, 0.15) is 5.78 Å². The lowest BCUT2D eigenvalue weighted by atomic mass is 9.92. The minimum Gasteiger partial charge on any atom is -0.368 e. The molecule has 4 nitrogen and oxygen atoms in total. The van der Waals surface area contributed by atoms with Gasteiger partial charge in [-0.2, -0.15) is 0 Å². The van der Waals surface area contributed by atoms with Crippen LogP contribution in [0.1, 0.15) is 26.7 Å². The lowest BCUT2D eigenvalue weighted by Gasteiger charge is -2.33. The van der Waals surface area contributed by atoms with Crippen LogP contribution in [0.4, 0.5) is 0 Å². The molecule has 1 atom stereocenters. The minimum absolute atomic E-state index is 0.186. The Bertz CT molecular complexity index is 232. The third-order valence-corrected chi connectivity index (χ3v) is 3.06. The normalized spacial score (nSPS) is 21.9. The second-order valence-electron chi connectivity index (χ2n) is 4.00. The monoisotopic (exact) mass is 198 g/mol. The lowest BCUT2D eigenvalue weighted by Crippen LogP contribution is -2.47. The molecule has 0 aromatic rings. The number of carbonyl (C=O) groups excluding carboxylic acids is 2. The van der Waals surface area contributed by atoms with E-state index in [1.54, 1.807) is 6.92 Å². The molecule has 1 fully saturated rings. The molecule has 0 aromatic carbocycles. The largest absolute Gasteiger partial charge is 0.368 e. The minimum atomic E-state index is -0.286. The van der Waals surface area contributed by atoms with Crippen LogP contribution in [0.2, 0.25) is 0 Å². The van der Waals surface area contributed by atoms with Gasteiger partial charge in [-0.3, -0.25) is 14.5 Å². The summed E-state index contributed by atoms with van der Waals surface area (Å²) in [5.41, 5.74) is 5.21. The third kappa shape index (κ3) is 2.54. The standard InChI is InChI=1S/C10H18N2O2/c1-7(10(11)14)12-5-3-9(4-6-12)8(2)13/h7,9H,3-6H2,1-2H3,(H2,11,14). The summed E-state index contributed by atoms with van der Waals surface area (Å²) in [6.45, 7) is 5.05. The molecule has 1 amide bonds. The van der Waals surface area contributed by atoms with E-state index in [0.29, 0.717) is 0 Å². The predicted molar refractivity (Wildman–Crippen MR) is 53.6 cm³/mol. The number of carbonyl (C=O) groups is 2. The van der Waals surface area contributed by atoms with E-state index in [4.69, 9.17) is 5.73 Å². The van der Waals surface area contributed by atoms with Crippen LogP contribution >= 0.6 is 0 Å². The van der Waals surface area contributed by atoms with Gasteiger partial charge in [0.25, 0.3) is 0 Å². The van der Waals surface area contributed by atoms with Gasteiger partial charge in [-0.05, 0) is 39.8 Å². The summed E-state index contributed by atoms with van der Waals surface area (Å²) >= 11 is 0. The van der Waals surface area contributed by atoms with E-state index in [1.807, 2.05) is 11.8 Å². The average molecular weight is 198 g/mol. The van der Waals surface area contributed by atoms with Gasteiger partial charge in [-0.15, -0.1) is 0 Å². The van der Waals surface area contributed by atoms with Crippen molar-refractivity contribution in [2.45, 2.75) is 32.7 Å². The number of Topliss-reactive ketones (excluding diaryl/α,β-unsaturated/α-hetero) is 1. The molecular weight excluding hydrogens is 180 g/mol. The Kier molecular flexibility index (Phi) is 3.63. The molecule has 1 heterocycles. The Morgan fingerprint density at radius 1 is 1.36 bits per heavy atom. The first kappa shape index (κ1) is 11.2. The zero-order chi connectivity index (χ0) is 10.7. The van der Waals surface area contributed by atoms with Crippen LogP contribution in [-0.4, -0.2) is 35.7 Å². The number of likely N-dealkylation sites (tertiary alicyclic amines) is 1. The van der Waals surface area contributed by atoms with E-state index < -0.39 is 0 Å². The van der Waals surface area contributed by atoms with Crippen LogP contribution in [0, 0.1) is 5.92 Å². The van der Waals surface area contributed by atoms with E-state index in [9.17, 15) is 9.59 Å². The summed E-state index contributed by atoms with van der Waals surface area (Å²) in [6.07, 6.45) is 1.71. The Morgan fingerprint density at radius 3 is 2.21 bits per heavy atom. The van der Waals surface area contributed by atoms with Crippen LogP contribution in [0.5, 0.6) is 0 Å². The third-order valence-electron chi connectivity index (χ3n) is 3.06. The second-order valence-corrected chi connectivity index (χ2v) is 4.00. The summed E-state index contributed by atoms with van der Waals surface area (Å²) in [6, 6.07) is -0.206. The molecule has 1 unspecified atom stereocenters. The van der Waals surface area contributed by atoms with Crippen molar-refractivity contribution >= 4 is 11.7 Å². The highest BCUT2D eigenvalue weighted by molar-refractivity contribution is 5.80.